The van der Waals surface area contributed by atoms with E-state index in [-0.39, 0.29) is 11.3 Å². The summed E-state index contributed by atoms with van der Waals surface area (Å²) < 4.78 is 0. The minimum atomic E-state index is -0.0575. The number of nitrogens with two attached hydrogens (primary N) is 1. The largest absolute Gasteiger partial charge is 0.399 e. The number of benzene rings is 1. The highest BCUT2D eigenvalue weighted by atomic mass is 16.1. The molecule has 4 nitrogen and oxygen atoms in total. The molecule has 108 valence electrons. The first-order valence-corrected chi connectivity index (χ1v) is 6.94. The first kappa shape index (κ1) is 14.4. The van der Waals surface area contributed by atoms with E-state index in [0.29, 0.717) is 23.7 Å². The molecule has 1 atom stereocenters. The lowest BCUT2D eigenvalue weighted by atomic mass is 9.82. The maximum Gasteiger partial charge on any atom is 0.253 e. The molecule has 0 saturated carbocycles. The van der Waals surface area contributed by atoms with Gasteiger partial charge in [0.25, 0.3) is 5.91 Å². The Kier molecular flexibility index (Phi) is 3.75. The number of nitrogen functional groups attached to an aromatic ring is 1. The van der Waals surface area contributed by atoms with Crippen LogP contribution in [0, 0.1) is 11.3 Å². The number of hydrogen-bond acceptors (Lipinski definition) is 2. The van der Waals surface area contributed by atoms with Gasteiger partial charge in [0, 0.05) is 29.3 Å². The first-order valence-electron chi connectivity index (χ1n) is 6.94. The lowest BCUT2D eigenvalue weighted by Crippen LogP contribution is -2.33. The van der Waals surface area contributed by atoms with Gasteiger partial charge in [-0.2, -0.15) is 0 Å². The van der Waals surface area contributed by atoms with Crippen LogP contribution in [0.2, 0.25) is 0 Å². The van der Waals surface area contributed by atoms with Gasteiger partial charge in [-0.25, -0.2) is 0 Å². The van der Waals surface area contributed by atoms with Crippen LogP contribution in [-0.2, 0) is 0 Å². The Morgan fingerprint density at radius 1 is 1.40 bits per heavy atom. The second-order valence-corrected chi connectivity index (χ2v) is 6.48. The normalized spacial score (nSPS) is 13.4. The van der Waals surface area contributed by atoms with Gasteiger partial charge in [-0.3, -0.25) is 4.79 Å². The third-order valence-corrected chi connectivity index (χ3v) is 4.00. The van der Waals surface area contributed by atoms with E-state index in [1.54, 1.807) is 6.20 Å². The van der Waals surface area contributed by atoms with Gasteiger partial charge in [0.2, 0.25) is 0 Å². The average molecular weight is 273 g/mol. The van der Waals surface area contributed by atoms with Crippen molar-refractivity contribution < 1.29 is 4.79 Å². The number of aromatic nitrogens is 1. The predicted octanol–water partition coefficient (Wildman–Crippen LogP) is 3.16. The summed E-state index contributed by atoms with van der Waals surface area (Å²) in [6.07, 6.45) is 1.74. The number of amides is 1. The molecule has 1 amide bonds. The average Bonchev–Trinajstić information content (AvgIpc) is 2.77. The molecule has 0 aliphatic heterocycles. The van der Waals surface area contributed by atoms with Crippen LogP contribution in [0.3, 0.4) is 0 Å². The molecule has 0 aliphatic carbocycles. The molecule has 0 bridgehead atoms. The summed E-state index contributed by atoms with van der Waals surface area (Å²) in [5, 5.41) is 3.87. The zero-order valence-corrected chi connectivity index (χ0v) is 12.6. The van der Waals surface area contributed by atoms with Crippen molar-refractivity contribution in [1.82, 2.24) is 10.3 Å². The van der Waals surface area contributed by atoms with Crippen LogP contribution in [0.5, 0.6) is 0 Å². The Labute approximate surface area is 119 Å². The Morgan fingerprint density at radius 2 is 2.10 bits per heavy atom. The summed E-state index contributed by atoms with van der Waals surface area (Å²) in [7, 11) is 0. The molecule has 0 aliphatic rings. The molecule has 0 saturated heterocycles. The molecule has 1 aromatic carbocycles. The summed E-state index contributed by atoms with van der Waals surface area (Å²) in [6, 6.07) is 5.54. The molecule has 4 N–H and O–H groups in total. The molecule has 2 rings (SSSR count). The number of hydrogen-bond donors (Lipinski definition) is 3. The van der Waals surface area contributed by atoms with Crippen LogP contribution in [-0.4, -0.2) is 17.4 Å². The van der Waals surface area contributed by atoms with Crippen molar-refractivity contribution in [2.75, 3.05) is 12.3 Å². The molecular weight excluding hydrogens is 250 g/mol. The number of fused-ring (bicyclic) bond motifs is 1. The maximum absolute atomic E-state index is 12.3. The standard InChI is InChI=1S/C16H23N3O/c1-10(16(2,3)4)8-19-15(20)13-9-18-14-6-5-11(17)7-12(13)14/h5-7,9-10,18H,8,17H2,1-4H3,(H,19,20). The van der Waals surface area contributed by atoms with Crippen LogP contribution in [0.25, 0.3) is 10.9 Å². The zero-order valence-electron chi connectivity index (χ0n) is 12.6. The Bertz CT molecular complexity index is 622. The third-order valence-electron chi connectivity index (χ3n) is 4.00. The van der Waals surface area contributed by atoms with Crippen molar-refractivity contribution in [3.8, 4) is 0 Å². The molecule has 1 unspecified atom stereocenters. The predicted molar refractivity (Wildman–Crippen MR) is 83.7 cm³/mol. The summed E-state index contributed by atoms with van der Waals surface area (Å²) in [5.41, 5.74) is 8.20. The number of carbonyl (C=O) groups excluding carboxylic acids is 1. The number of aromatic amines is 1. The maximum atomic E-state index is 12.3. The van der Waals surface area contributed by atoms with Gasteiger partial charge in [0.1, 0.15) is 0 Å². The summed E-state index contributed by atoms with van der Waals surface area (Å²) in [4.78, 5) is 15.4. The molecule has 20 heavy (non-hydrogen) atoms. The third kappa shape index (κ3) is 2.95. The SMILES string of the molecule is CC(CNC(=O)c1c[nH]c2ccc(N)cc12)C(C)(C)C. The lowest BCUT2D eigenvalue weighted by molar-refractivity contribution is 0.0939. The van der Waals surface area contributed by atoms with Gasteiger partial charge in [-0.1, -0.05) is 27.7 Å². The quantitative estimate of drug-likeness (QED) is 0.752. The molecule has 0 spiro atoms. The fraction of sp³-hybridized carbons (Fsp3) is 0.438. The van der Waals surface area contributed by atoms with Gasteiger partial charge in [0.15, 0.2) is 0 Å². The topological polar surface area (TPSA) is 70.9 Å². The van der Waals surface area contributed by atoms with Crippen molar-refractivity contribution in [3.05, 3.63) is 30.0 Å². The van der Waals surface area contributed by atoms with Crippen LogP contribution in [0.1, 0.15) is 38.1 Å². The second-order valence-electron chi connectivity index (χ2n) is 6.48. The minimum Gasteiger partial charge on any atom is -0.399 e. The molecule has 2 aromatic rings. The van der Waals surface area contributed by atoms with Crippen molar-refractivity contribution in [3.63, 3.8) is 0 Å². The number of H-pyrrole nitrogens is 1. The van der Waals surface area contributed by atoms with Gasteiger partial charge in [-0.15, -0.1) is 0 Å². The number of nitrogens with one attached hydrogen (secondary N) is 2. The number of carbonyl (C=O) groups is 1. The van der Waals surface area contributed by atoms with E-state index in [2.05, 4.69) is 38.0 Å². The highest BCUT2D eigenvalue weighted by Gasteiger charge is 2.21. The van der Waals surface area contributed by atoms with E-state index < -0.39 is 0 Å². The Hall–Kier alpha value is -1.97. The molecule has 4 heteroatoms. The van der Waals surface area contributed by atoms with E-state index in [4.69, 9.17) is 5.73 Å². The smallest absolute Gasteiger partial charge is 0.253 e. The van der Waals surface area contributed by atoms with Crippen LogP contribution >= 0.6 is 0 Å². The minimum absolute atomic E-state index is 0.0575. The zero-order chi connectivity index (χ0) is 14.9. The van der Waals surface area contributed by atoms with Gasteiger partial charge < -0.3 is 16.0 Å². The van der Waals surface area contributed by atoms with E-state index in [1.807, 2.05) is 18.2 Å². The van der Waals surface area contributed by atoms with E-state index in [9.17, 15) is 4.79 Å². The Morgan fingerprint density at radius 3 is 2.75 bits per heavy atom. The van der Waals surface area contributed by atoms with E-state index in [0.717, 1.165) is 10.9 Å². The summed E-state index contributed by atoms with van der Waals surface area (Å²) in [5.74, 6) is 0.347. The summed E-state index contributed by atoms with van der Waals surface area (Å²) in [6.45, 7) is 9.34. The highest BCUT2D eigenvalue weighted by molar-refractivity contribution is 6.07. The fourth-order valence-electron chi connectivity index (χ4n) is 1.97. The lowest BCUT2D eigenvalue weighted by Gasteiger charge is -2.27. The highest BCUT2D eigenvalue weighted by Crippen LogP contribution is 2.25. The van der Waals surface area contributed by atoms with E-state index >= 15 is 0 Å². The van der Waals surface area contributed by atoms with Crippen molar-refractivity contribution >= 4 is 22.5 Å². The van der Waals surface area contributed by atoms with Crippen molar-refractivity contribution in [1.29, 1.82) is 0 Å². The van der Waals surface area contributed by atoms with E-state index in [1.165, 1.54) is 0 Å². The molecule has 1 aromatic heterocycles. The molecule has 1 heterocycles. The molecule has 0 fully saturated rings. The van der Waals surface area contributed by atoms with Crippen LogP contribution in [0.15, 0.2) is 24.4 Å². The monoisotopic (exact) mass is 273 g/mol. The second kappa shape index (κ2) is 5.19. The fourth-order valence-corrected chi connectivity index (χ4v) is 1.97. The van der Waals surface area contributed by atoms with Crippen molar-refractivity contribution in [2.45, 2.75) is 27.7 Å². The van der Waals surface area contributed by atoms with Crippen LogP contribution in [0.4, 0.5) is 5.69 Å². The summed E-state index contributed by atoms with van der Waals surface area (Å²) >= 11 is 0. The molecular formula is C16H23N3O. The van der Waals surface area contributed by atoms with Crippen LogP contribution < -0.4 is 11.1 Å². The molecule has 0 radical (unpaired) electrons. The number of rotatable bonds is 3. The number of anilines is 1. The Balaban J connectivity index is 2.14. The van der Waals surface area contributed by atoms with Gasteiger partial charge in [0.05, 0.1) is 5.56 Å². The van der Waals surface area contributed by atoms with Crippen molar-refractivity contribution in [2.24, 2.45) is 11.3 Å². The van der Waals surface area contributed by atoms with Gasteiger partial charge >= 0.3 is 0 Å². The van der Waals surface area contributed by atoms with Gasteiger partial charge in [-0.05, 0) is 29.5 Å². The first-order chi connectivity index (χ1) is 9.29.